The van der Waals surface area contributed by atoms with Gasteiger partial charge in [0, 0.05) is 6.26 Å². The lowest BCUT2D eigenvalue weighted by Gasteiger charge is -2.03. The second-order valence-electron chi connectivity index (χ2n) is 3.62. The van der Waals surface area contributed by atoms with E-state index in [-0.39, 0.29) is 15.9 Å². The predicted molar refractivity (Wildman–Crippen MR) is 61.3 cm³/mol. The molecule has 2 rings (SSSR count). The van der Waals surface area contributed by atoms with Crippen LogP contribution in [0.4, 0.5) is 0 Å². The average Bonchev–Trinajstić information content (AvgIpc) is 2.25. The predicted octanol–water partition coefficient (Wildman–Crippen LogP) is 0.437. The van der Waals surface area contributed by atoms with Crippen LogP contribution in [0.5, 0.6) is 5.88 Å². The number of nitrogens with zero attached hydrogens (tertiary/aromatic N) is 2. The molecule has 0 radical (unpaired) electrons. The Labute approximate surface area is 102 Å². The fourth-order valence-corrected chi connectivity index (χ4v) is 2.04. The van der Waals surface area contributed by atoms with E-state index in [9.17, 15) is 18.3 Å². The third-order valence-electron chi connectivity index (χ3n) is 2.25. The highest BCUT2D eigenvalue weighted by molar-refractivity contribution is 7.90. The van der Waals surface area contributed by atoms with Crippen LogP contribution < -0.4 is 0 Å². The number of sulfone groups is 1. The smallest absolute Gasteiger partial charge is 0.360 e. The maximum Gasteiger partial charge on any atom is 0.360 e. The van der Waals surface area contributed by atoms with Gasteiger partial charge in [-0.15, -0.1) is 0 Å². The van der Waals surface area contributed by atoms with E-state index >= 15 is 0 Å². The first kappa shape index (κ1) is 12.2. The molecule has 0 aliphatic rings. The summed E-state index contributed by atoms with van der Waals surface area (Å²) in [6.07, 6.45) is 1.03. The Morgan fingerprint density at radius 3 is 2.44 bits per heavy atom. The van der Waals surface area contributed by atoms with E-state index in [0.29, 0.717) is 0 Å². The van der Waals surface area contributed by atoms with Crippen LogP contribution >= 0.6 is 0 Å². The van der Waals surface area contributed by atoms with E-state index in [1.165, 1.54) is 18.2 Å². The number of hydrogen-bond acceptors (Lipinski definition) is 6. The summed E-state index contributed by atoms with van der Waals surface area (Å²) >= 11 is 0. The normalized spacial score (nSPS) is 11.6. The van der Waals surface area contributed by atoms with Crippen molar-refractivity contribution >= 4 is 26.8 Å². The Morgan fingerprint density at radius 2 is 1.89 bits per heavy atom. The first-order valence-corrected chi connectivity index (χ1v) is 6.62. The molecule has 0 aliphatic heterocycles. The molecular weight excluding hydrogens is 260 g/mol. The largest absolute Gasteiger partial charge is 0.492 e. The van der Waals surface area contributed by atoms with E-state index in [0.717, 1.165) is 6.26 Å². The molecule has 1 aromatic carbocycles. The lowest BCUT2D eigenvalue weighted by atomic mass is 10.3. The molecule has 0 spiro atoms. The van der Waals surface area contributed by atoms with Gasteiger partial charge >= 0.3 is 5.97 Å². The van der Waals surface area contributed by atoms with Crippen LogP contribution in [0.3, 0.4) is 0 Å². The SMILES string of the molecule is CS(=O)(=O)c1ccc2nc(C(=O)O)c(O)nc2c1. The number of aromatic hydroxyl groups is 1. The van der Waals surface area contributed by atoms with Gasteiger partial charge in [-0.2, -0.15) is 0 Å². The number of aromatic nitrogens is 2. The van der Waals surface area contributed by atoms with Gasteiger partial charge in [0.2, 0.25) is 11.6 Å². The fraction of sp³-hybridized carbons (Fsp3) is 0.100. The summed E-state index contributed by atoms with van der Waals surface area (Å²) in [5, 5.41) is 18.1. The minimum Gasteiger partial charge on any atom is -0.492 e. The molecule has 1 aromatic heterocycles. The van der Waals surface area contributed by atoms with Crippen LogP contribution in [0.15, 0.2) is 23.1 Å². The molecule has 0 unspecified atom stereocenters. The number of carboxylic acid groups (broad SMARTS) is 1. The quantitative estimate of drug-likeness (QED) is 0.811. The first-order chi connectivity index (χ1) is 8.29. The standard InChI is InChI=1S/C10H8N2O5S/c1-18(16,17)5-2-3-6-7(4-5)12-9(13)8(11-6)10(14)15/h2-4H,1H3,(H,12,13)(H,14,15). The van der Waals surface area contributed by atoms with E-state index in [4.69, 9.17) is 5.11 Å². The van der Waals surface area contributed by atoms with Crippen molar-refractivity contribution in [1.82, 2.24) is 9.97 Å². The molecule has 0 aliphatic carbocycles. The van der Waals surface area contributed by atoms with Crippen molar-refractivity contribution in [2.75, 3.05) is 6.26 Å². The van der Waals surface area contributed by atoms with E-state index in [1.54, 1.807) is 0 Å². The monoisotopic (exact) mass is 268 g/mol. The summed E-state index contributed by atoms with van der Waals surface area (Å²) in [6.45, 7) is 0. The van der Waals surface area contributed by atoms with Gasteiger partial charge in [-0.05, 0) is 18.2 Å². The summed E-state index contributed by atoms with van der Waals surface area (Å²) in [5.74, 6) is -2.16. The molecule has 1 heterocycles. The molecule has 7 nitrogen and oxygen atoms in total. The Hall–Kier alpha value is -2.22. The number of aromatic carboxylic acids is 1. The van der Waals surface area contributed by atoms with Crippen LogP contribution in [0, 0.1) is 0 Å². The summed E-state index contributed by atoms with van der Waals surface area (Å²) < 4.78 is 22.7. The lowest BCUT2D eigenvalue weighted by molar-refractivity contribution is 0.0686. The van der Waals surface area contributed by atoms with Gasteiger partial charge in [-0.1, -0.05) is 0 Å². The van der Waals surface area contributed by atoms with Crippen LogP contribution in [0.25, 0.3) is 11.0 Å². The first-order valence-electron chi connectivity index (χ1n) is 4.73. The molecule has 94 valence electrons. The lowest BCUT2D eigenvalue weighted by Crippen LogP contribution is -2.03. The van der Waals surface area contributed by atoms with E-state index in [1.807, 2.05) is 0 Å². The number of carbonyl (C=O) groups is 1. The van der Waals surface area contributed by atoms with E-state index in [2.05, 4.69) is 9.97 Å². The Kier molecular flexibility index (Phi) is 2.66. The van der Waals surface area contributed by atoms with Crippen LogP contribution in [0.1, 0.15) is 10.5 Å². The van der Waals surface area contributed by atoms with Crippen molar-refractivity contribution in [3.63, 3.8) is 0 Å². The minimum atomic E-state index is -3.40. The van der Waals surface area contributed by atoms with Crippen LogP contribution in [-0.2, 0) is 9.84 Å². The fourth-order valence-electron chi connectivity index (χ4n) is 1.40. The molecule has 0 saturated carbocycles. The Morgan fingerprint density at radius 1 is 1.22 bits per heavy atom. The molecule has 0 saturated heterocycles. The molecule has 0 bridgehead atoms. The van der Waals surface area contributed by atoms with Gasteiger partial charge in [-0.3, -0.25) is 0 Å². The zero-order valence-corrected chi connectivity index (χ0v) is 9.97. The third kappa shape index (κ3) is 2.09. The highest BCUT2D eigenvalue weighted by Crippen LogP contribution is 2.20. The maximum absolute atomic E-state index is 11.3. The van der Waals surface area contributed by atoms with Gasteiger partial charge < -0.3 is 10.2 Å². The molecule has 0 atom stereocenters. The van der Waals surface area contributed by atoms with Crippen molar-refractivity contribution in [2.24, 2.45) is 0 Å². The number of fused-ring (bicyclic) bond motifs is 1. The molecular formula is C10H8N2O5S. The molecule has 18 heavy (non-hydrogen) atoms. The van der Waals surface area contributed by atoms with Gasteiger partial charge in [-0.25, -0.2) is 23.2 Å². The van der Waals surface area contributed by atoms with Crippen molar-refractivity contribution in [3.05, 3.63) is 23.9 Å². The molecule has 2 aromatic rings. The molecule has 0 fully saturated rings. The third-order valence-corrected chi connectivity index (χ3v) is 3.36. The summed E-state index contributed by atoms with van der Waals surface area (Å²) in [7, 11) is -3.40. The summed E-state index contributed by atoms with van der Waals surface area (Å²) in [5.41, 5.74) is -0.271. The molecule has 8 heteroatoms. The van der Waals surface area contributed by atoms with Crippen molar-refractivity contribution in [3.8, 4) is 5.88 Å². The highest BCUT2D eigenvalue weighted by Gasteiger charge is 2.16. The Bertz CT molecular complexity index is 754. The number of carboxylic acids is 1. The van der Waals surface area contributed by atoms with Crippen molar-refractivity contribution in [2.45, 2.75) is 4.90 Å². The average molecular weight is 268 g/mol. The second-order valence-corrected chi connectivity index (χ2v) is 5.64. The summed E-state index contributed by atoms with van der Waals surface area (Å²) in [4.78, 5) is 18.1. The van der Waals surface area contributed by atoms with Crippen LogP contribution in [0.2, 0.25) is 0 Å². The summed E-state index contributed by atoms with van der Waals surface area (Å²) in [6, 6.07) is 3.86. The minimum absolute atomic E-state index is 0.0202. The molecule has 0 amide bonds. The zero-order valence-electron chi connectivity index (χ0n) is 9.15. The van der Waals surface area contributed by atoms with Crippen molar-refractivity contribution < 1.29 is 23.4 Å². The zero-order chi connectivity index (χ0) is 13.5. The highest BCUT2D eigenvalue weighted by atomic mass is 32.2. The number of hydrogen-bond donors (Lipinski definition) is 2. The number of benzene rings is 1. The maximum atomic E-state index is 11.3. The number of rotatable bonds is 2. The van der Waals surface area contributed by atoms with Gasteiger partial charge in [0.15, 0.2) is 9.84 Å². The second kappa shape index (κ2) is 3.91. The van der Waals surface area contributed by atoms with Crippen LogP contribution in [-0.4, -0.2) is 40.8 Å². The van der Waals surface area contributed by atoms with Gasteiger partial charge in [0.25, 0.3) is 0 Å². The topological polar surface area (TPSA) is 117 Å². The molecule has 2 N–H and O–H groups in total. The van der Waals surface area contributed by atoms with Gasteiger partial charge in [0.05, 0.1) is 15.9 Å². The Balaban J connectivity index is 2.74. The van der Waals surface area contributed by atoms with Crippen molar-refractivity contribution in [1.29, 1.82) is 0 Å². The van der Waals surface area contributed by atoms with Gasteiger partial charge in [0.1, 0.15) is 0 Å². The van der Waals surface area contributed by atoms with E-state index < -0.39 is 27.4 Å².